The Morgan fingerprint density at radius 1 is 1.17 bits per heavy atom. The van der Waals surface area contributed by atoms with E-state index in [2.05, 4.69) is 4.98 Å². The van der Waals surface area contributed by atoms with Gasteiger partial charge in [-0.25, -0.2) is 9.37 Å². The Balaban J connectivity index is 2.16. The highest BCUT2D eigenvalue weighted by atomic mass is 35.5. The molecule has 3 nitrogen and oxygen atoms in total. The lowest BCUT2D eigenvalue weighted by atomic mass is 10.2. The molecule has 0 aliphatic carbocycles. The molecule has 0 spiro atoms. The van der Waals surface area contributed by atoms with Crippen LogP contribution in [0.1, 0.15) is 0 Å². The van der Waals surface area contributed by atoms with Crippen molar-refractivity contribution in [3.63, 3.8) is 0 Å². The zero-order valence-corrected chi connectivity index (χ0v) is 9.91. The number of nitrogens with two attached hydrogens (primary N) is 1. The number of hydrogen-bond acceptors (Lipinski definition) is 3. The molecule has 3 aromatic rings. The van der Waals surface area contributed by atoms with Crippen molar-refractivity contribution in [2.24, 2.45) is 0 Å². The van der Waals surface area contributed by atoms with E-state index in [1.807, 2.05) is 0 Å². The molecule has 0 radical (unpaired) electrons. The van der Waals surface area contributed by atoms with Crippen molar-refractivity contribution in [2.75, 3.05) is 5.73 Å². The van der Waals surface area contributed by atoms with Crippen LogP contribution in [0.5, 0.6) is 0 Å². The summed E-state index contributed by atoms with van der Waals surface area (Å²) < 4.78 is 18.8. The first-order valence-corrected chi connectivity index (χ1v) is 5.63. The Morgan fingerprint density at radius 3 is 2.61 bits per heavy atom. The monoisotopic (exact) mass is 262 g/mol. The van der Waals surface area contributed by atoms with Gasteiger partial charge in [-0.05, 0) is 30.3 Å². The fourth-order valence-corrected chi connectivity index (χ4v) is 1.83. The number of halogens is 2. The summed E-state index contributed by atoms with van der Waals surface area (Å²) in [5, 5.41) is 0.0275. The van der Waals surface area contributed by atoms with Crippen molar-refractivity contribution in [3.8, 4) is 11.5 Å². The highest BCUT2D eigenvalue weighted by Crippen LogP contribution is 2.28. The van der Waals surface area contributed by atoms with E-state index in [0.717, 1.165) is 5.56 Å². The van der Waals surface area contributed by atoms with Gasteiger partial charge in [0.2, 0.25) is 5.89 Å². The third-order valence-corrected chi connectivity index (χ3v) is 2.88. The van der Waals surface area contributed by atoms with E-state index >= 15 is 0 Å². The topological polar surface area (TPSA) is 52.0 Å². The van der Waals surface area contributed by atoms with Gasteiger partial charge in [-0.2, -0.15) is 0 Å². The maximum Gasteiger partial charge on any atom is 0.227 e. The summed E-state index contributed by atoms with van der Waals surface area (Å²) >= 11 is 5.69. The van der Waals surface area contributed by atoms with E-state index in [1.165, 1.54) is 12.1 Å². The van der Waals surface area contributed by atoms with Gasteiger partial charge in [0, 0.05) is 17.3 Å². The molecule has 0 fully saturated rings. The number of oxazole rings is 1. The molecule has 0 saturated heterocycles. The third-order valence-electron chi connectivity index (χ3n) is 2.59. The van der Waals surface area contributed by atoms with Crippen LogP contribution in [-0.4, -0.2) is 4.98 Å². The second-order valence-electron chi connectivity index (χ2n) is 3.88. The van der Waals surface area contributed by atoms with E-state index in [1.54, 1.807) is 24.3 Å². The van der Waals surface area contributed by atoms with Gasteiger partial charge in [-0.1, -0.05) is 11.6 Å². The number of anilines is 1. The quantitative estimate of drug-likeness (QED) is 0.677. The second kappa shape index (κ2) is 3.99. The maximum atomic E-state index is 13.3. The number of nitrogen functional groups attached to an aromatic ring is 1. The van der Waals surface area contributed by atoms with Crippen LogP contribution in [0.4, 0.5) is 10.1 Å². The Labute approximate surface area is 107 Å². The lowest BCUT2D eigenvalue weighted by Crippen LogP contribution is -1.83. The van der Waals surface area contributed by atoms with E-state index in [0.29, 0.717) is 22.7 Å². The van der Waals surface area contributed by atoms with Gasteiger partial charge in [0.25, 0.3) is 0 Å². The first kappa shape index (κ1) is 11.0. The molecule has 2 N–H and O–H groups in total. The van der Waals surface area contributed by atoms with Crippen LogP contribution < -0.4 is 5.73 Å². The number of nitrogens with zero attached hydrogens (tertiary/aromatic N) is 1. The van der Waals surface area contributed by atoms with E-state index < -0.39 is 5.82 Å². The Hall–Kier alpha value is -2.07. The Bertz CT molecular complexity index is 683. The van der Waals surface area contributed by atoms with Gasteiger partial charge in [-0.3, -0.25) is 0 Å². The minimum atomic E-state index is -0.524. The Morgan fingerprint density at radius 2 is 1.89 bits per heavy atom. The van der Waals surface area contributed by atoms with Crippen LogP contribution in [-0.2, 0) is 0 Å². The largest absolute Gasteiger partial charge is 0.436 e. The average molecular weight is 263 g/mol. The lowest BCUT2D eigenvalue weighted by molar-refractivity contribution is 0.602. The molecule has 0 aliphatic heterocycles. The summed E-state index contributed by atoms with van der Waals surface area (Å²) in [4.78, 5) is 4.26. The molecule has 0 saturated carbocycles. The number of fused-ring (bicyclic) bond motifs is 1. The van der Waals surface area contributed by atoms with Crippen molar-refractivity contribution in [3.05, 3.63) is 47.2 Å². The molecule has 1 heterocycles. The molecule has 5 heteroatoms. The fraction of sp³-hybridized carbons (Fsp3) is 0. The predicted molar refractivity (Wildman–Crippen MR) is 68.8 cm³/mol. The number of aromatic nitrogens is 1. The molecular weight excluding hydrogens is 255 g/mol. The molecule has 18 heavy (non-hydrogen) atoms. The normalized spacial score (nSPS) is 11.0. The molecule has 3 rings (SSSR count). The van der Waals surface area contributed by atoms with Gasteiger partial charge in [0.05, 0.1) is 5.02 Å². The fourth-order valence-electron chi connectivity index (χ4n) is 1.67. The van der Waals surface area contributed by atoms with Gasteiger partial charge in [-0.15, -0.1) is 0 Å². The minimum Gasteiger partial charge on any atom is -0.436 e. The van der Waals surface area contributed by atoms with Crippen molar-refractivity contribution >= 4 is 28.4 Å². The first-order chi connectivity index (χ1) is 8.63. The molecule has 0 atom stereocenters. The van der Waals surface area contributed by atoms with E-state index in [-0.39, 0.29) is 5.02 Å². The summed E-state index contributed by atoms with van der Waals surface area (Å²) in [6.45, 7) is 0. The smallest absolute Gasteiger partial charge is 0.227 e. The van der Waals surface area contributed by atoms with Crippen LogP contribution in [0.25, 0.3) is 22.6 Å². The average Bonchev–Trinajstić information content (AvgIpc) is 2.73. The number of hydrogen-bond donors (Lipinski definition) is 1. The van der Waals surface area contributed by atoms with Crippen molar-refractivity contribution in [1.29, 1.82) is 0 Å². The second-order valence-corrected chi connectivity index (χ2v) is 4.28. The highest BCUT2D eigenvalue weighted by Gasteiger charge is 2.11. The molecule has 0 aliphatic rings. The standard InChI is InChI=1S/C13H8ClFN2O/c14-9-5-11-12(6-10(9)15)18-13(17-11)7-1-3-8(16)4-2-7/h1-6H,16H2. The van der Waals surface area contributed by atoms with Crippen LogP contribution in [0.2, 0.25) is 5.02 Å². The van der Waals surface area contributed by atoms with Crippen LogP contribution in [0, 0.1) is 5.82 Å². The van der Waals surface area contributed by atoms with Crippen molar-refractivity contribution in [1.82, 2.24) is 4.98 Å². The minimum absolute atomic E-state index is 0.0275. The molecule has 2 aromatic carbocycles. The number of rotatable bonds is 1. The summed E-state index contributed by atoms with van der Waals surface area (Å²) in [6.07, 6.45) is 0. The van der Waals surface area contributed by atoms with Gasteiger partial charge >= 0.3 is 0 Å². The zero-order valence-electron chi connectivity index (χ0n) is 9.15. The summed E-state index contributed by atoms with van der Waals surface area (Å²) in [6, 6.07) is 9.74. The van der Waals surface area contributed by atoms with Crippen LogP contribution in [0.15, 0.2) is 40.8 Å². The van der Waals surface area contributed by atoms with Gasteiger partial charge < -0.3 is 10.2 Å². The predicted octanol–water partition coefficient (Wildman–Crippen LogP) is 3.87. The highest BCUT2D eigenvalue weighted by molar-refractivity contribution is 6.31. The summed E-state index contributed by atoms with van der Waals surface area (Å²) in [5.74, 6) is -0.115. The summed E-state index contributed by atoms with van der Waals surface area (Å²) in [5.41, 5.74) is 7.92. The molecule has 0 amide bonds. The van der Waals surface area contributed by atoms with E-state index in [9.17, 15) is 4.39 Å². The first-order valence-electron chi connectivity index (χ1n) is 5.25. The van der Waals surface area contributed by atoms with Gasteiger partial charge in [0.1, 0.15) is 11.3 Å². The van der Waals surface area contributed by atoms with E-state index in [4.69, 9.17) is 21.8 Å². The molecule has 0 bridgehead atoms. The third kappa shape index (κ3) is 1.80. The number of benzene rings is 2. The molecular formula is C13H8ClFN2O. The SMILES string of the molecule is Nc1ccc(-c2nc3cc(Cl)c(F)cc3o2)cc1. The van der Waals surface area contributed by atoms with Crippen molar-refractivity contribution in [2.45, 2.75) is 0 Å². The maximum absolute atomic E-state index is 13.3. The van der Waals surface area contributed by atoms with Crippen LogP contribution >= 0.6 is 11.6 Å². The molecule has 0 unspecified atom stereocenters. The Kier molecular flexibility index (Phi) is 2.45. The molecule has 90 valence electrons. The zero-order chi connectivity index (χ0) is 12.7. The van der Waals surface area contributed by atoms with Gasteiger partial charge in [0.15, 0.2) is 5.58 Å². The van der Waals surface area contributed by atoms with Crippen molar-refractivity contribution < 1.29 is 8.81 Å². The molecule has 1 aromatic heterocycles. The summed E-state index contributed by atoms with van der Waals surface area (Å²) in [7, 11) is 0. The van der Waals surface area contributed by atoms with Crippen LogP contribution in [0.3, 0.4) is 0 Å². The lowest BCUT2D eigenvalue weighted by Gasteiger charge is -1.95.